The Kier molecular flexibility index (Phi) is 6.09. The van der Waals surface area contributed by atoms with E-state index in [9.17, 15) is 4.79 Å². The SMILES string of the molecule is CC(C)C[C@H](CN)CC(=O)Nc1ccc(Cl)nc1. The molecule has 1 amide bonds. The van der Waals surface area contributed by atoms with Crippen LogP contribution in [0.3, 0.4) is 0 Å². The van der Waals surface area contributed by atoms with Gasteiger partial charge in [0.15, 0.2) is 0 Å². The molecule has 0 fully saturated rings. The molecule has 1 atom stereocenters. The lowest BCUT2D eigenvalue weighted by Gasteiger charge is -2.16. The first-order valence-electron chi connectivity index (χ1n) is 6.12. The summed E-state index contributed by atoms with van der Waals surface area (Å²) in [7, 11) is 0. The fraction of sp³-hybridized carbons (Fsp3) is 0.538. The summed E-state index contributed by atoms with van der Waals surface area (Å²) in [5.41, 5.74) is 6.33. The molecule has 0 aromatic carbocycles. The van der Waals surface area contributed by atoms with Gasteiger partial charge >= 0.3 is 0 Å². The molecule has 0 aliphatic rings. The molecule has 1 heterocycles. The number of hydrogen-bond donors (Lipinski definition) is 2. The van der Waals surface area contributed by atoms with Crippen LogP contribution in [0.1, 0.15) is 26.7 Å². The van der Waals surface area contributed by atoms with Gasteiger partial charge in [0.1, 0.15) is 5.15 Å². The summed E-state index contributed by atoms with van der Waals surface area (Å²) in [6.45, 7) is 4.79. The maximum Gasteiger partial charge on any atom is 0.224 e. The minimum Gasteiger partial charge on any atom is -0.330 e. The third kappa shape index (κ3) is 5.47. The van der Waals surface area contributed by atoms with Gasteiger partial charge in [-0.05, 0) is 36.9 Å². The Morgan fingerprint density at radius 1 is 1.50 bits per heavy atom. The molecule has 1 aromatic rings. The zero-order chi connectivity index (χ0) is 13.5. The van der Waals surface area contributed by atoms with Gasteiger partial charge in [0.2, 0.25) is 5.91 Å². The monoisotopic (exact) mass is 269 g/mol. The van der Waals surface area contributed by atoms with Gasteiger partial charge in [-0.1, -0.05) is 25.4 Å². The number of hydrogen-bond acceptors (Lipinski definition) is 3. The summed E-state index contributed by atoms with van der Waals surface area (Å²) in [6.07, 6.45) is 2.94. The van der Waals surface area contributed by atoms with Gasteiger partial charge in [-0.2, -0.15) is 0 Å². The Bertz CT molecular complexity index is 378. The number of pyridine rings is 1. The number of nitrogens with two attached hydrogens (primary N) is 1. The van der Waals surface area contributed by atoms with Gasteiger partial charge in [0.05, 0.1) is 11.9 Å². The number of carbonyl (C=O) groups excluding carboxylic acids is 1. The van der Waals surface area contributed by atoms with Crippen molar-refractivity contribution in [1.29, 1.82) is 0 Å². The van der Waals surface area contributed by atoms with Gasteiger partial charge in [0, 0.05) is 6.42 Å². The molecular formula is C13H20ClN3O. The average molecular weight is 270 g/mol. The fourth-order valence-electron chi connectivity index (χ4n) is 1.85. The predicted molar refractivity (Wildman–Crippen MR) is 74.5 cm³/mol. The number of rotatable bonds is 6. The lowest BCUT2D eigenvalue weighted by atomic mass is 9.94. The highest BCUT2D eigenvalue weighted by Gasteiger charge is 2.14. The minimum atomic E-state index is -0.0322. The summed E-state index contributed by atoms with van der Waals surface area (Å²) in [4.78, 5) is 15.7. The molecule has 0 saturated carbocycles. The van der Waals surface area contributed by atoms with E-state index in [1.807, 2.05) is 0 Å². The second-order valence-corrected chi connectivity index (χ2v) is 5.24. The van der Waals surface area contributed by atoms with Gasteiger partial charge < -0.3 is 11.1 Å². The largest absolute Gasteiger partial charge is 0.330 e. The maximum atomic E-state index is 11.8. The first-order valence-corrected chi connectivity index (χ1v) is 6.50. The smallest absolute Gasteiger partial charge is 0.224 e. The quantitative estimate of drug-likeness (QED) is 0.780. The van der Waals surface area contributed by atoms with Crippen LogP contribution < -0.4 is 11.1 Å². The summed E-state index contributed by atoms with van der Waals surface area (Å²) in [6, 6.07) is 3.37. The Morgan fingerprint density at radius 3 is 2.72 bits per heavy atom. The molecule has 5 heteroatoms. The summed E-state index contributed by atoms with van der Waals surface area (Å²) >= 11 is 5.67. The van der Waals surface area contributed by atoms with E-state index in [2.05, 4.69) is 24.1 Å². The lowest BCUT2D eigenvalue weighted by molar-refractivity contribution is -0.117. The van der Waals surface area contributed by atoms with Crippen molar-refractivity contribution in [3.8, 4) is 0 Å². The van der Waals surface area contributed by atoms with E-state index in [1.54, 1.807) is 18.3 Å². The van der Waals surface area contributed by atoms with Crippen LogP contribution in [0, 0.1) is 11.8 Å². The molecule has 3 N–H and O–H groups in total. The fourth-order valence-corrected chi connectivity index (χ4v) is 1.97. The Morgan fingerprint density at radius 2 is 2.22 bits per heavy atom. The zero-order valence-electron chi connectivity index (χ0n) is 10.8. The normalized spacial score (nSPS) is 12.5. The lowest BCUT2D eigenvalue weighted by Crippen LogP contribution is -2.23. The Labute approximate surface area is 113 Å². The van der Waals surface area contributed by atoms with E-state index in [1.165, 1.54) is 0 Å². The highest BCUT2D eigenvalue weighted by molar-refractivity contribution is 6.29. The average Bonchev–Trinajstić information content (AvgIpc) is 2.30. The number of amides is 1. The first-order chi connectivity index (χ1) is 8.51. The van der Waals surface area contributed by atoms with Crippen molar-refractivity contribution >= 4 is 23.2 Å². The van der Waals surface area contributed by atoms with E-state index in [4.69, 9.17) is 17.3 Å². The van der Waals surface area contributed by atoms with Crippen molar-refractivity contribution in [3.05, 3.63) is 23.5 Å². The number of aromatic nitrogens is 1. The number of anilines is 1. The first kappa shape index (κ1) is 14.9. The van der Waals surface area contributed by atoms with Crippen LogP contribution in [-0.2, 0) is 4.79 Å². The third-order valence-corrected chi connectivity index (χ3v) is 2.85. The van der Waals surface area contributed by atoms with Crippen LogP contribution in [0.15, 0.2) is 18.3 Å². The second kappa shape index (κ2) is 7.34. The highest BCUT2D eigenvalue weighted by atomic mass is 35.5. The van der Waals surface area contributed by atoms with Crippen molar-refractivity contribution in [2.24, 2.45) is 17.6 Å². The molecule has 0 radical (unpaired) electrons. The predicted octanol–water partition coefficient (Wildman–Crippen LogP) is 2.68. The molecule has 0 bridgehead atoms. The highest BCUT2D eigenvalue weighted by Crippen LogP contribution is 2.16. The molecule has 1 aromatic heterocycles. The van der Waals surface area contributed by atoms with E-state index >= 15 is 0 Å². The zero-order valence-corrected chi connectivity index (χ0v) is 11.6. The van der Waals surface area contributed by atoms with Crippen LogP contribution in [0.5, 0.6) is 0 Å². The van der Waals surface area contributed by atoms with Crippen LogP contribution in [0.25, 0.3) is 0 Å². The van der Waals surface area contributed by atoms with Crippen molar-refractivity contribution in [3.63, 3.8) is 0 Å². The number of carbonyl (C=O) groups is 1. The topological polar surface area (TPSA) is 68.0 Å². The Balaban J connectivity index is 2.47. The number of halogens is 1. The van der Waals surface area contributed by atoms with Gasteiger partial charge in [0.25, 0.3) is 0 Å². The van der Waals surface area contributed by atoms with Gasteiger partial charge in [-0.3, -0.25) is 4.79 Å². The van der Waals surface area contributed by atoms with Crippen LogP contribution in [0.4, 0.5) is 5.69 Å². The van der Waals surface area contributed by atoms with Crippen LogP contribution in [-0.4, -0.2) is 17.4 Å². The van der Waals surface area contributed by atoms with Crippen LogP contribution in [0.2, 0.25) is 5.15 Å². The molecule has 18 heavy (non-hydrogen) atoms. The molecule has 0 aliphatic carbocycles. The maximum absolute atomic E-state index is 11.8. The molecule has 1 rings (SSSR count). The van der Waals surface area contributed by atoms with Gasteiger partial charge in [-0.15, -0.1) is 0 Å². The van der Waals surface area contributed by atoms with Crippen molar-refractivity contribution in [1.82, 2.24) is 4.98 Å². The minimum absolute atomic E-state index is 0.0322. The Hall–Kier alpha value is -1.13. The van der Waals surface area contributed by atoms with Gasteiger partial charge in [-0.25, -0.2) is 4.98 Å². The molecule has 100 valence electrons. The standard InChI is InChI=1S/C13H20ClN3O/c1-9(2)5-10(7-15)6-13(18)17-11-3-4-12(14)16-8-11/h3-4,8-10H,5-7,15H2,1-2H3,(H,17,18)/t10-/m0/s1. The molecular weight excluding hydrogens is 250 g/mol. The summed E-state index contributed by atoms with van der Waals surface area (Å²) in [5.74, 6) is 0.740. The number of nitrogens with one attached hydrogen (secondary N) is 1. The van der Waals surface area contributed by atoms with E-state index in [0.29, 0.717) is 29.7 Å². The molecule has 0 saturated heterocycles. The van der Waals surface area contributed by atoms with E-state index in [-0.39, 0.29) is 11.8 Å². The molecule has 4 nitrogen and oxygen atoms in total. The second-order valence-electron chi connectivity index (χ2n) is 4.85. The van der Waals surface area contributed by atoms with Crippen molar-refractivity contribution < 1.29 is 4.79 Å². The van der Waals surface area contributed by atoms with Crippen molar-refractivity contribution in [2.75, 3.05) is 11.9 Å². The van der Waals surface area contributed by atoms with Crippen molar-refractivity contribution in [2.45, 2.75) is 26.7 Å². The molecule has 0 unspecified atom stereocenters. The number of nitrogens with zero attached hydrogens (tertiary/aromatic N) is 1. The summed E-state index contributed by atoms with van der Waals surface area (Å²) < 4.78 is 0. The molecule has 0 aliphatic heterocycles. The van der Waals surface area contributed by atoms with E-state index < -0.39 is 0 Å². The van der Waals surface area contributed by atoms with Crippen LogP contribution >= 0.6 is 11.6 Å². The summed E-state index contributed by atoms with van der Waals surface area (Å²) in [5, 5.41) is 3.20. The molecule has 0 spiro atoms. The van der Waals surface area contributed by atoms with E-state index in [0.717, 1.165) is 6.42 Å². The third-order valence-electron chi connectivity index (χ3n) is 2.62.